The van der Waals surface area contributed by atoms with Crippen LogP contribution in [0, 0.1) is 5.41 Å². The largest absolute Gasteiger partial charge is 0.497 e. The van der Waals surface area contributed by atoms with Crippen LogP contribution in [-0.4, -0.2) is 47.6 Å². The number of fused-ring (bicyclic) bond motifs is 1. The molecule has 2 saturated heterocycles. The average molecular weight is 318 g/mol. The lowest BCUT2D eigenvalue weighted by molar-refractivity contribution is -0.131. The molecule has 1 aliphatic carbocycles. The molecule has 0 spiro atoms. The first-order chi connectivity index (χ1) is 10.7. The third-order valence-electron chi connectivity index (χ3n) is 4.83. The highest BCUT2D eigenvalue weighted by Gasteiger charge is 2.58. The molecular weight excluding hydrogens is 300 g/mol. The minimum atomic E-state index is -0.468. The molecule has 116 valence electrons. The molecular formula is C16H18N2O3S. The standard InChI is InChI=1S/C16H18N2O3S/c1-20-11-4-2-10(3-5-11)16(6-7-16)14(19)18-12-8-22-9-13(12)21-15(18)17/h2-5,12-13,17H,6-9H2,1H3/t12-,13+/m1/s1. The van der Waals surface area contributed by atoms with E-state index in [1.165, 1.54) is 0 Å². The van der Waals surface area contributed by atoms with Crippen molar-refractivity contribution in [3.63, 3.8) is 0 Å². The fraction of sp³-hybridized carbons (Fsp3) is 0.500. The Morgan fingerprint density at radius 2 is 2.09 bits per heavy atom. The summed E-state index contributed by atoms with van der Waals surface area (Å²) in [5.41, 5.74) is 0.546. The molecule has 0 bridgehead atoms. The van der Waals surface area contributed by atoms with E-state index in [2.05, 4.69) is 0 Å². The van der Waals surface area contributed by atoms with Crippen LogP contribution in [0.5, 0.6) is 5.75 Å². The summed E-state index contributed by atoms with van der Waals surface area (Å²) in [7, 11) is 1.63. The maximum Gasteiger partial charge on any atom is 0.292 e. The van der Waals surface area contributed by atoms with Crippen molar-refractivity contribution in [2.75, 3.05) is 18.6 Å². The fourth-order valence-corrected chi connectivity index (χ4v) is 4.63. The van der Waals surface area contributed by atoms with Crippen LogP contribution in [0.3, 0.4) is 0 Å². The van der Waals surface area contributed by atoms with Crippen molar-refractivity contribution in [3.05, 3.63) is 29.8 Å². The van der Waals surface area contributed by atoms with Crippen LogP contribution in [-0.2, 0) is 14.9 Å². The van der Waals surface area contributed by atoms with Gasteiger partial charge in [0.25, 0.3) is 6.02 Å². The highest BCUT2D eigenvalue weighted by molar-refractivity contribution is 7.99. The van der Waals surface area contributed by atoms with Gasteiger partial charge in [0.1, 0.15) is 11.9 Å². The molecule has 5 nitrogen and oxygen atoms in total. The molecule has 1 amide bonds. The number of carbonyl (C=O) groups excluding carboxylic acids is 1. The molecule has 3 fully saturated rings. The van der Waals surface area contributed by atoms with E-state index in [-0.39, 0.29) is 24.1 Å². The van der Waals surface area contributed by atoms with E-state index < -0.39 is 5.41 Å². The monoisotopic (exact) mass is 318 g/mol. The highest BCUT2D eigenvalue weighted by Crippen LogP contribution is 2.51. The van der Waals surface area contributed by atoms with Crippen LogP contribution in [0.25, 0.3) is 0 Å². The van der Waals surface area contributed by atoms with E-state index in [0.29, 0.717) is 0 Å². The quantitative estimate of drug-likeness (QED) is 0.926. The minimum absolute atomic E-state index is 0.00637. The van der Waals surface area contributed by atoms with Crippen molar-refractivity contribution in [2.24, 2.45) is 0 Å². The number of thioether (sulfide) groups is 1. The molecule has 6 heteroatoms. The van der Waals surface area contributed by atoms with Gasteiger partial charge < -0.3 is 9.47 Å². The number of hydrogen-bond acceptors (Lipinski definition) is 5. The van der Waals surface area contributed by atoms with Gasteiger partial charge in [0.2, 0.25) is 5.91 Å². The van der Waals surface area contributed by atoms with Crippen molar-refractivity contribution in [2.45, 2.75) is 30.4 Å². The zero-order valence-electron chi connectivity index (χ0n) is 12.4. The van der Waals surface area contributed by atoms with Gasteiger partial charge in [0.05, 0.1) is 18.6 Å². The van der Waals surface area contributed by atoms with Crippen molar-refractivity contribution in [3.8, 4) is 5.75 Å². The van der Waals surface area contributed by atoms with Crippen LogP contribution in [0.2, 0.25) is 0 Å². The molecule has 0 radical (unpaired) electrons. The molecule has 0 aromatic heterocycles. The van der Waals surface area contributed by atoms with Gasteiger partial charge >= 0.3 is 0 Å². The van der Waals surface area contributed by atoms with Crippen molar-refractivity contribution >= 4 is 23.7 Å². The normalized spacial score (nSPS) is 28.2. The summed E-state index contributed by atoms with van der Waals surface area (Å²) < 4.78 is 10.7. The number of benzene rings is 1. The molecule has 1 saturated carbocycles. The maximum absolute atomic E-state index is 13.1. The molecule has 2 atom stereocenters. The average Bonchev–Trinajstić information content (AvgIpc) is 3.13. The van der Waals surface area contributed by atoms with Gasteiger partial charge in [-0.05, 0) is 30.5 Å². The van der Waals surface area contributed by atoms with Gasteiger partial charge in [-0.25, -0.2) is 0 Å². The third-order valence-corrected chi connectivity index (χ3v) is 5.98. The Morgan fingerprint density at radius 1 is 1.36 bits per heavy atom. The summed E-state index contributed by atoms with van der Waals surface area (Å²) in [5, 5.41) is 8.02. The summed E-state index contributed by atoms with van der Waals surface area (Å²) in [6, 6.07) is 7.77. The van der Waals surface area contributed by atoms with Crippen LogP contribution < -0.4 is 4.74 Å². The minimum Gasteiger partial charge on any atom is -0.497 e. The van der Waals surface area contributed by atoms with Crippen molar-refractivity contribution in [1.82, 2.24) is 4.90 Å². The maximum atomic E-state index is 13.1. The molecule has 1 aromatic carbocycles. The first-order valence-electron chi connectivity index (χ1n) is 7.47. The number of methoxy groups -OCH3 is 1. The lowest BCUT2D eigenvalue weighted by Gasteiger charge is -2.25. The molecule has 2 heterocycles. The number of amides is 1. The van der Waals surface area contributed by atoms with E-state index in [1.807, 2.05) is 24.3 Å². The number of nitrogens with zero attached hydrogens (tertiary/aromatic N) is 1. The Labute approximate surface area is 133 Å². The van der Waals surface area contributed by atoms with Crippen LogP contribution in [0.1, 0.15) is 18.4 Å². The molecule has 3 aliphatic rings. The van der Waals surface area contributed by atoms with Gasteiger partial charge in [-0.1, -0.05) is 12.1 Å². The van der Waals surface area contributed by atoms with E-state index in [4.69, 9.17) is 14.9 Å². The second-order valence-corrected chi connectivity index (χ2v) is 7.13. The Kier molecular flexibility index (Phi) is 3.11. The Balaban J connectivity index is 1.62. The summed E-state index contributed by atoms with van der Waals surface area (Å²) in [6.07, 6.45) is 1.67. The van der Waals surface area contributed by atoms with Gasteiger partial charge in [-0.2, -0.15) is 11.8 Å². The van der Waals surface area contributed by atoms with Crippen molar-refractivity contribution in [1.29, 1.82) is 5.41 Å². The Bertz CT molecular complexity index is 627. The summed E-state index contributed by atoms with van der Waals surface area (Å²) in [4.78, 5) is 14.7. The number of hydrogen-bond donors (Lipinski definition) is 1. The number of rotatable bonds is 3. The molecule has 0 unspecified atom stereocenters. The van der Waals surface area contributed by atoms with Gasteiger partial charge in [0, 0.05) is 11.5 Å². The van der Waals surface area contributed by atoms with Crippen LogP contribution in [0.4, 0.5) is 0 Å². The van der Waals surface area contributed by atoms with E-state index in [0.717, 1.165) is 35.7 Å². The molecule has 1 aromatic rings. The highest BCUT2D eigenvalue weighted by atomic mass is 32.2. The van der Waals surface area contributed by atoms with Gasteiger partial charge in [-0.15, -0.1) is 0 Å². The van der Waals surface area contributed by atoms with E-state index >= 15 is 0 Å². The fourth-order valence-electron chi connectivity index (χ4n) is 3.36. The lowest BCUT2D eigenvalue weighted by atomic mass is 9.93. The van der Waals surface area contributed by atoms with Crippen molar-refractivity contribution < 1.29 is 14.3 Å². The predicted octanol–water partition coefficient (Wildman–Crippen LogP) is 2.00. The Morgan fingerprint density at radius 3 is 2.73 bits per heavy atom. The summed E-state index contributed by atoms with van der Waals surface area (Å²) in [6.45, 7) is 0. The molecule has 4 rings (SSSR count). The SMILES string of the molecule is COc1ccc(C2(C(=O)N3C(=N)O[C@H]4CSC[C@H]43)CC2)cc1. The predicted molar refractivity (Wildman–Crippen MR) is 84.5 cm³/mol. The first kappa shape index (κ1) is 13.9. The zero-order valence-corrected chi connectivity index (χ0v) is 13.2. The molecule has 1 N–H and O–H groups in total. The topological polar surface area (TPSA) is 62.6 Å². The van der Waals surface area contributed by atoms with Crippen LogP contribution >= 0.6 is 11.8 Å². The first-order valence-corrected chi connectivity index (χ1v) is 8.62. The molecule has 22 heavy (non-hydrogen) atoms. The number of carbonyl (C=O) groups is 1. The summed E-state index contributed by atoms with van der Waals surface area (Å²) in [5.74, 6) is 2.54. The number of ether oxygens (including phenoxy) is 2. The Hall–Kier alpha value is -1.69. The number of amidine groups is 1. The summed E-state index contributed by atoms with van der Waals surface area (Å²) >= 11 is 1.79. The second kappa shape index (κ2) is 4.91. The number of nitrogens with one attached hydrogen (secondary N) is 1. The van der Waals surface area contributed by atoms with Crippen LogP contribution in [0.15, 0.2) is 24.3 Å². The van der Waals surface area contributed by atoms with Gasteiger partial charge in [0.15, 0.2) is 0 Å². The van der Waals surface area contributed by atoms with E-state index in [1.54, 1.807) is 23.8 Å². The molecule has 2 aliphatic heterocycles. The smallest absolute Gasteiger partial charge is 0.292 e. The third kappa shape index (κ3) is 1.93. The van der Waals surface area contributed by atoms with Gasteiger partial charge in [-0.3, -0.25) is 15.1 Å². The van der Waals surface area contributed by atoms with E-state index in [9.17, 15) is 4.79 Å². The zero-order chi connectivity index (χ0) is 15.3. The second-order valence-electron chi connectivity index (χ2n) is 6.05. The lowest BCUT2D eigenvalue weighted by Crippen LogP contribution is -2.46.